The van der Waals surface area contributed by atoms with Crippen molar-refractivity contribution in [2.45, 2.75) is 39.7 Å². The zero-order valence-corrected chi connectivity index (χ0v) is 14.6. The Labute approximate surface area is 134 Å². The molecule has 0 saturated heterocycles. The van der Waals surface area contributed by atoms with Gasteiger partial charge in [0.1, 0.15) is 0 Å². The Kier molecular flexibility index (Phi) is 9.65. The first-order chi connectivity index (χ1) is 8.63. The first kappa shape index (κ1) is 18.2. The van der Waals surface area contributed by atoms with Crippen LogP contribution < -0.4 is 10.6 Å². The molecule has 0 aliphatic carbocycles. The highest BCUT2D eigenvalue weighted by molar-refractivity contribution is 14.0. The van der Waals surface area contributed by atoms with Gasteiger partial charge >= 0.3 is 0 Å². The van der Waals surface area contributed by atoms with Crippen LogP contribution in [-0.4, -0.2) is 25.1 Å². The maximum absolute atomic E-state index is 4.62. The molecule has 1 aromatic carbocycles. The second kappa shape index (κ2) is 10.1. The Hall–Kier alpha value is -0.780. The predicted molar refractivity (Wildman–Crippen MR) is 94.5 cm³/mol. The van der Waals surface area contributed by atoms with Crippen LogP contribution >= 0.6 is 24.0 Å². The fourth-order valence-electron chi connectivity index (χ4n) is 1.71. The number of hydrogen-bond donors (Lipinski definition) is 2. The summed E-state index contributed by atoms with van der Waals surface area (Å²) in [5.41, 5.74) is 1.33. The third kappa shape index (κ3) is 7.40. The molecule has 108 valence electrons. The Morgan fingerprint density at radius 3 is 2.32 bits per heavy atom. The smallest absolute Gasteiger partial charge is 0.191 e. The average Bonchev–Trinajstić information content (AvgIpc) is 2.36. The maximum Gasteiger partial charge on any atom is 0.191 e. The predicted octanol–water partition coefficient (Wildman–Crippen LogP) is 3.37. The SMILES string of the molecule is CCNC(=NCC(C)c1ccccc1)NC(C)C.I. The van der Waals surface area contributed by atoms with Gasteiger partial charge in [-0.2, -0.15) is 0 Å². The average molecular weight is 375 g/mol. The van der Waals surface area contributed by atoms with E-state index in [-0.39, 0.29) is 24.0 Å². The molecule has 19 heavy (non-hydrogen) atoms. The van der Waals surface area contributed by atoms with Crippen LogP contribution in [0.3, 0.4) is 0 Å². The van der Waals surface area contributed by atoms with Crippen molar-refractivity contribution in [2.24, 2.45) is 4.99 Å². The van der Waals surface area contributed by atoms with Crippen molar-refractivity contribution < 1.29 is 0 Å². The number of rotatable bonds is 5. The van der Waals surface area contributed by atoms with Crippen molar-refractivity contribution in [2.75, 3.05) is 13.1 Å². The summed E-state index contributed by atoms with van der Waals surface area (Å²) in [6.45, 7) is 10.2. The van der Waals surface area contributed by atoms with Gasteiger partial charge in [0, 0.05) is 25.0 Å². The highest BCUT2D eigenvalue weighted by Crippen LogP contribution is 2.14. The van der Waals surface area contributed by atoms with E-state index >= 15 is 0 Å². The number of benzene rings is 1. The van der Waals surface area contributed by atoms with Crippen molar-refractivity contribution in [3.8, 4) is 0 Å². The summed E-state index contributed by atoms with van der Waals surface area (Å²) in [5.74, 6) is 1.34. The van der Waals surface area contributed by atoms with Crippen LogP contribution in [-0.2, 0) is 0 Å². The zero-order chi connectivity index (χ0) is 13.4. The molecule has 0 heterocycles. The molecule has 1 aromatic rings. The van der Waals surface area contributed by atoms with E-state index in [1.807, 2.05) is 6.07 Å². The van der Waals surface area contributed by atoms with E-state index in [4.69, 9.17) is 0 Å². The quantitative estimate of drug-likeness (QED) is 0.470. The molecular weight excluding hydrogens is 349 g/mol. The van der Waals surface area contributed by atoms with Crippen LogP contribution in [0.1, 0.15) is 39.2 Å². The molecule has 0 aliphatic rings. The highest BCUT2D eigenvalue weighted by atomic mass is 127. The van der Waals surface area contributed by atoms with Crippen molar-refractivity contribution in [3.63, 3.8) is 0 Å². The van der Waals surface area contributed by atoms with E-state index in [1.165, 1.54) is 5.56 Å². The molecule has 0 fully saturated rings. The minimum Gasteiger partial charge on any atom is -0.357 e. The van der Waals surface area contributed by atoms with Gasteiger partial charge in [0.25, 0.3) is 0 Å². The summed E-state index contributed by atoms with van der Waals surface area (Å²) in [6.07, 6.45) is 0. The lowest BCUT2D eigenvalue weighted by Gasteiger charge is -2.15. The molecule has 4 heteroatoms. The Morgan fingerprint density at radius 2 is 1.79 bits per heavy atom. The second-order valence-electron chi connectivity index (χ2n) is 4.83. The van der Waals surface area contributed by atoms with Gasteiger partial charge in [0.15, 0.2) is 5.96 Å². The number of aliphatic imine (C=N–C) groups is 1. The molecule has 0 aliphatic heterocycles. The van der Waals surface area contributed by atoms with E-state index in [0.29, 0.717) is 12.0 Å². The van der Waals surface area contributed by atoms with Crippen molar-refractivity contribution >= 4 is 29.9 Å². The fraction of sp³-hybridized carbons (Fsp3) is 0.533. The van der Waals surface area contributed by atoms with Gasteiger partial charge in [-0.25, -0.2) is 0 Å². The van der Waals surface area contributed by atoms with Gasteiger partial charge in [-0.1, -0.05) is 37.3 Å². The van der Waals surface area contributed by atoms with Gasteiger partial charge in [-0.05, 0) is 26.3 Å². The Morgan fingerprint density at radius 1 is 1.16 bits per heavy atom. The van der Waals surface area contributed by atoms with Crippen LogP contribution in [0, 0.1) is 0 Å². The fourth-order valence-corrected chi connectivity index (χ4v) is 1.71. The van der Waals surface area contributed by atoms with Gasteiger partial charge < -0.3 is 10.6 Å². The minimum absolute atomic E-state index is 0. The molecular formula is C15H26IN3. The molecule has 3 nitrogen and oxygen atoms in total. The van der Waals surface area contributed by atoms with E-state index in [0.717, 1.165) is 19.0 Å². The van der Waals surface area contributed by atoms with Gasteiger partial charge in [-0.15, -0.1) is 24.0 Å². The van der Waals surface area contributed by atoms with Crippen LogP contribution in [0.5, 0.6) is 0 Å². The summed E-state index contributed by atoms with van der Waals surface area (Å²) >= 11 is 0. The zero-order valence-electron chi connectivity index (χ0n) is 12.3. The molecule has 1 atom stereocenters. The lowest BCUT2D eigenvalue weighted by molar-refractivity contribution is 0.690. The number of hydrogen-bond acceptors (Lipinski definition) is 1. The van der Waals surface area contributed by atoms with E-state index in [1.54, 1.807) is 0 Å². The summed E-state index contributed by atoms with van der Waals surface area (Å²) in [5, 5.41) is 6.59. The number of guanidine groups is 1. The maximum atomic E-state index is 4.62. The largest absolute Gasteiger partial charge is 0.357 e. The number of halogens is 1. The molecule has 1 unspecified atom stereocenters. The lowest BCUT2D eigenvalue weighted by atomic mass is 10.0. The van der Waals surface area contributed by atoms with Crippen molar-refractivity contribution in [1.82, 2.24) is 10.6 Å². The molecule has 0 aromatic heterocycles. The number of nitrogens with zero attached hydrogens (tertiary/aromatic N) is 1. The molecule has 0 radical (unpaired) electrons. The Bertz CT molecular complexity index is 363. The van der Waals surface area contributed by atoms with E-state index < -0.39 is 0 Å². The summed E-state index contributed by atoms with van der Waals surface area (Å²) < 4.78 is 0. The molecule has 1 rings (SSSR count). The second-order valence-corrected chi connectivity index (χ2v) is 4.83. The first-order valence-corrected chi connectivity index (χ1v) is 6.73. The highest BCUT2D eigenvalue weighted by Gasteiger charge is 2.05. The van der Waals surface area contributed by atoms with Crippen LogP contribution in [0.25, 0.3) is 0 Å². The van der Waals surface area contributed by atoms with Crippen molar-refractivity contribution in [1.29, 1.82) is 0 Å². The van der Waals surface area contributed by atoms with Crippen LogP contribution in [0.2, 0.25) is 0 Å². The molecule has 0 amide bonds. The Balaban J connectivity index is 0.00000324. The first-order valence-electron chi connectivity index (χ1n) is 6.73. The standard InChI is InChI=1S/C15H25N3.HI/c1-5-16-15(18-12(2)3)17-11-13(4)14-9-7-6-8-10-14;/h6-10,12-13H,5,11H2,1-4H3,(H2,16,17,18);1H. The van der Waals surface area contributed by atoms with Gasteiger partial charge in [0.2, 0.25) is 0 Å². The minimum atomic E-state index is 0. The monoisotopic (exact) mass is 375 g/mol. The summed E-state index contributed by atoms with van der Waals surface area (Å²) in [7, 11) is 0. The lowest BCUT2D eigenvalue weighted by Crippen LogP contribution is -2.41. The summed E-state index contributed by atoms with van der Waals surface area (Å²) in [4.78, 5) is 4.62. The summed E-state index contributed by atoms with van der Waals surface area (Å²) in [6, 6.07) is 10.9. The van der Waals surface area contributed by atoms with Crippen LogP contribution in [0.15, 0.2) is 35.3 Å². The third-order valence-electron chi connectivity index (χ3n) is 2.66. The topological polar surface area (TPSA) is 36.4 Å². The van der Waals surface area contributed by atoms with E-state index in [9.17, 15) is 0 Å². The van der Waals surface area contributed by atoms with Gasteiger partial charge in [0.05, 0.1) is 0 Å². The van der Waals surface area contributed by atoms with Gasteiger partial charge in [-0.3, -0.25) is 4.99 Å². The third-order valence-corrected chi connectivity index (χ3v) is 2.66. The normalized spacial score (nSPS) is 12.8. The molecule has 0 saturated carbocycles. The molecule has 0 bridgehead atoms. The van der Waals surface area contributed by atoms with Crippen LogP contribution in [0.4, 0.5) is 0 Å². The van der Waals surface area contributed by atoms with Crippen molar-refractivity contribution in [3.05, 3.63) is 35.9 Å². The number of nitrogens with one attached hydrogen (secondary N) is 2. The van der Waals surface area contributed by atoms with E-state index in [2.05, 4.69) is 67.6 Å². The molecule has 0 spiro atoms. The molecule has 2 N–H and O–H groups in total.